The van der Waals surface area contributed by atoms with Crippen LogP contribution in [0.25, 0.3) is 0 Å². The van der Waals surface area contributed by atoms with E-state index in [-0.39, 0.29) is 20.0 Å². The first-order chi connectivity index (χ1) is 7.00. The van der Waals surface area contributed by atoms with Gasteiger partial charge in [-0.15, -0.1) is 11.8 Å². The van der Waals surface area contributed by atoms with E-state index in [1.807, 2.05) is 6.92 Å². The quantitative estimate of drug-likeness (QED) is 0.745. The highest BCUT2D eigenvalue weighted by atomic mass is 35.5. The highest BCUT2D eigenvalue weighted by Crippen LogP contribution is 2.36. The van der Waals surface area contributed by atoms with Crippen molar-refractivity contribution in [2.75, 3.05) is 5.75 Å². The van der Waals surface area contributed by atoms with Gasteiger partial charge >= 0.3 is 0 Å². The van der Waals surface area contributed by atoms with Crippen molar-refractivity contribution >= 4 is 58.1 Å². The number of carbonyl (C=O) groups excluding carboxylic acids is 2. The molecule has 1 aliphatic rings. The molecule has 82 valence electrons. The third-order valence-electron chi connectivity index (χ3n) is 1.65. The number of halogens is 3. The Morgan fingerprint density at radius 3 is 2.07 bits per heavy atom. The van der Waals surface area contributed by atoms with Crippen LogP contribution in [-0.2, 0) is 9.59 Å². The van der Waals surface area contributed by atoms with Gasteiger partial charge in [-0.2, -0.15) is 0 Å². The molecule has 0 unspecified atom stereocenters. The molecule has 0 heterocycles. The van der Waals surface area contributed by atoms with Gasteiger partial charge in [0, 0.05) is 0 Å². The topological polar surface area (TPSA) is 34.1 Å². The molecular formula is C9H7Cl3O2S. The molecule has 0 N–H and O–H groups in total. The van der Waals surface area contributed by atoms with Crippen LogP contribution in [0.1, 0.15) is 13.3 Å². The fourth-order valence-corrected chi connectivity index (χ4v) is 2.60. The molecule has 0 fully saturated rings. The van der Waals surface area contributed by atoms with Gasteiger partial charge in [-0.1, -0.05) is 41.7 Å². The monoisotopic (exact) mass is 284 g/mol. The summed E-state index contributed by atoms with van der Waals surface area (Å²) < 4.78 is 0. The summed E-state index contributed by atoms with van der Waals surface area (Å²) in [7, 11) is 0. The van der Waals surface area contributed by atoms with E-state index in [1.54, 1.807) is 0 Å². The normalized spacial score (nSPS) is 17.9. The Morgan fingerprint density at radius 2 is 1.53 bits per heavy atom. The summed E-state index contributed by atoms with van der Waals surface area (Å²) in [4.78, 5) is 23.2. The summed E-state index contributed by atoms with van der Waals surface area (Å²) in [5, 5.41) is -0.676. The van der Waals surface area contributed by atoms with Gasteiger partial charge in [-0.3, -0.25) is 9.59 Å². The van der Waals surface area contributed by atoms with E-state index in [4.69, 9.17) is 34.8 Å². The molecule has 0 saturated carbocycles. The van der Waals surface area contributed by atoms with Crippen LogP contribution < -0.4 is 0 Å². The highest BCUT2D eigenvalue weighted by Gasteiger charge is 2.32. The molecular weight excluding hydrogens is 279 g/mol. The Bertz CT molecular complexity index is 385. The van der Waals surface area contributed by atoms with E-state index in [1.165, 1.54) is 11.8 Å². The molecule has 0 saturated heterocycles. The number of ketones is 2. The molecule has 0 bridgehead atoms. The maximum atomic E-state index is 11.6. The van der Waals surface area contributed by atoms with Gasteiger partial charge in [0.25, 0.3) is 0 Å². The molecule has 6 heteroatoms. The van der Waals surface area contributed by atoms with Crippen molar-refractivity contribution in [3.8, 4) is 0 Å². The first-order valence-electron chi connectivity index (χ1n) is 4.18. The standard InChI is InChI=1S/C9H7Cl3O2S/c1-2-3-15-9-6(12)7(13)4(10)5(11)8(9)14/h2-3H2,1H3. The van der Waals surface area contributed by atoms with E-state index in [2.05, 4.69) is 0 Å². The average Bonchev–Trinajstić information content (AvgIpc) is 2.24. The molecule has 1 rings (SSSR count). The van der Waals surface area contributed by atoms with E-state index < -0.39 is 11.6 Å². The minimum absolute atomic E-state index is 0.132. The minimum atomic E-state index is -0.582. The molecule has 0 spiro atoms. The second-order valence-electron chi connectivity index (χ2n) is 2.78. The summed E-state index contributed by atoms with van der Waals surface area (Å²) in [6.07, 6.45) is 0.870. The molecule has 2 nitrogen and oxygen atoms in total. The number of thioether (sulfide) groups is 1. The lowest BCUT2D eigenvalue weighted by Crippen LogP contribution is -2.16. The zero-order valence-corrected chi connectivity index (χ0v) is 10.9. The lowest BCUT2D eigenvalue weighted by Gasteiger charge is -2.13. The van der Waals surface area contributed by atoms with Crippen LogP contribution in [0.2, 0.25) is 0 Å². The van der Waals surface area contributed by atoms with Crippen LogP contribution in [0.15, 0.2) is 20.0 Å². The summed E-state index contributed by atoms with van der Waals surface area (Å²) in [6.45, 7) is 1.96. The summed E-state index contributed by atoms with van der Waals surface area (Å²) in [6, 6.07) is 0. The Morgan fingerprint density at radius 1 is 1.00 bits per heavy atom. The molecule has 0 aliphatic heterocycles. The van der Waals surface area contributed by atoms with Gasteiger partial charge in [0.05, 0.1) is 4.91 Å². The maximum Gasteiger partial charge on any atom is 0.218 e. The molecule has 0 amide bonds. The SMILES string of the molecule is CCCSC1=C(Cl)C(=O)C(Cl)=C(Cl)C1=O. The van der Waals surface area contributed by atoms with Crippen molar-refractivity contribution < 1.29 is 9.59 Å². The fraction of sp³-hybridized carbons (Fsp3) is 0.333. The lowest BCUT2D eigenvalue weighted by atomic mass is 10.1. The number of hydrogen-bond donors (Lipinski definition) is 0. The van der Waals surface area contributed by atoms with E-state index >= 15 is 0 Å². The van der Waals surface area contributed by atoms with E-state index in [9.17, 15) is 9.59 Å². The predicted octanol–water partition coefficient (Wildman–Crippen LogP) is 3.42. The zero-order chi connectivity index (χ0) is 11.6. The van der Waals surface area contributed by atoms with Crippen LogP contribution in [0.5, 0.6) is 0 Å². The first-order valence-corrected chi connectivity index (χ1v) is 6.29. The van der Waals surface area contributed by atoms with Crippen molar-refractivity contribution in [3.63, 3.8) is 0 Å². The Hall–Kier alpha value is 0.0400. The molecule has 15 heavy (non-hydrogen) atoms. The van der Waals surface area contributed by atoms with Crippen molar-refractivity contribution in [1.29, 1.82) is 0 Å². The second-order valence-corrected chi connectivity index (χ2v) is 5.02. The van der Waals surface area contributed by atoms with Crippen LogP contribution in [0.4, 0.5) is 0 Å². The summed E-state index contributed by atoms with van der Waals surface area (Å²) in [5.74, 6) is -0.349. The van der Waals surface area contributed by atoms with Gasteiger partial charge in [0.15, 0.2) is 0 Å². The van der Waals surface area contributed by atoms with Crippen LogP contribution in [0, 0.1) is 0 Å². The smallest absolute Gasteiger partial charge is 0.218 e. The van der Waals surface area contributed by atoms with Gasteiger partial charge in [0.1, 0.15) is 15.1 Å². The lowest BCUT2D eigenvalue weighted by molar-refractivity contribution is -0.114. The van der Waals surface area contributed by atoms with Gasteiger partial charge in [0.2, 0.25) is 11.6 Å². The Labute approximate surface area is 107 Å². The predicted molar refractivity (Wildman–Crippen MR) is 64.4 cm³/mol. The number of allylic oxidation sites excluding steroid dienone is 4. The maximum absolute atomic E-state index is 11.6. The number of rotatable bonds is 3. The molecule has 0 radical (unpaired) electrons. The van der Waals surface area contributed by atoms with Crippen molar-refractivity contribution in [2.45, 2.75) is 13.3 Å². The van der Waals surface area contributed by atoms with E-state index in [0.29, 0.717) is 5.75 Å². The third-order valence-corrected chi connectivity index (χ3v) is 4.23. The van der Waals surface area contributed by atoms with E-state index in [0.717, 1.165) is 6.42 Å². The number of Topliss-reactive ketones (excluding diaryl/α,β-unsaturated/α-hetero) is 2. The molecule has 1 aliphatic carbocycles. The van der Waals surface area contributed by atoms with Crippen molar-refractivity contribution in [3.05, 3.63) is 20.0 Å². The van der Waals surface area contributed by atoms with Gasteiger partial charge in [-0.05, 0) is 12.2 Å². The van der Waals surface area contributed by atoms with Crippen LogP contribution in [-0.4, -0.2) is 17.3 Å². The first kappa shape index (κ1) is 13.1. The molecule has 0 aromatic rings. The van der Waals surface area contributed by atoms with Gasteiger partial charge < -0.3 is 0 Å². The van der Waals surface area contributed by atoms with Crippen LogP contribution >= 0.6 is 46.6 Å². The van der Waals surface area contributed by atoms with Crippen molar-refractivity contribution in [2.24, 2.45) is 0 Å². The summed E-state index contributed by atoms with van der Waals surface area (Å²) >= 11 is 18.1. The third kappa shape index (κ3) is 2.59. The zero-order valence-electron chi connectivity index (χ0n) is 7.77. The number of hydrogen-bond acceptors (Lipinski definition) is 3. The molecule has 0 atom stereocenters. The Balaban J connectivity index is 3.05. The fourth-order valence-electron chi connectivity index (χ4n) is 0.931. The number of carbonyl (C=O) groups is 2. The van der Waals surface area contributed by atoms with Crippen molar-refractivity contribution in [1.82, 2.24) is 0 Å². The minimum Gasteiger partial charge on any atom is -0.287 e. The highest BCUT2D eigenvalue weighted by molar-refractivity contribution is 8.04. The summed E-state index contributed by atoms with van der Waals surface area (Å²) in [5.41, 5.74) is 0. The molecule has 0 aromatic heterocycles. The Kier molecular flexibility index (Phi) is 4.71. The second kappa shape index (κ2) is 5.39. The molecule has 0 aromatic carbocycles. The van der Waals surface area contributed by atoms with Gasteiger partial charge in [-0.25, -0.2) is 0 Å². The average molecular weight is 286 g/mol. The van der Waals surface area contributed by atoms with Crippen LogP contribution in [0.3, 0.4) is 0 Å². The largest absolute Gasteiger partial charge is 0.287 e.